The largest absolute Gasteiger partial charge is 0.339 e. The number of fused-ring (bicyclic) bond motifs is 1. The quantitative estimate of drug-likeness (QED) is 0.668. The van der Waals surface area contributed by atoms with Crippen LogP contribution in [0.25, 0.3) is 23.1 Å². The zero-order chi connectivity index (χ0) is 21.9. The second kappa shape index (κ2) is 8.96. The van der Waals surface area contributed by atoms with E-state index in [1.807, 2.05) is 70.5 Å². The number of amides is 2. The fraction of sp³-hybridized carbons (Fsp3) is 0.320. The van der Waals surface area contributed by atoms with Crippen LogP contribution >= 0.6 is 0 Å². The van der Waals surface area contributed by atoms with Crippen LogP contribution in [0.15, 0.2) is 48.5 Å². The third-order valence-corrected chi connectivity index (χ3v) is 6.38. The van der Waals surface area contributed by atoms with E-state index in [1.54, 1.807) is 0 Å². The summed E-state index contributed by atoms with van der Waals surface area (Å²) in [6.45, 7) is 4.07. The van der Waals surface area contributed by atoms with Gasteiger partial charge in [-0.25, -0.2) is 0 Å². The standard InChI is InChI=1S/C25H27N5O2/c31-24(29-13-15-30(16-14-29)25(32)20-11-12-26-17-20)19-8-5-18(6-9-19)7-10-23-21-3-1-2-4-22(21)27-28-23/h1-10,20,26H,11-17H2,(H,27,28)/b10-7+. The Kier molecular flexibility index (Phi) is 5.73. The average molecular weight is 430 g/mol. The second-order valence-corrected chi connectivity index (χ2v) is 8.42. The van der Waals surface area contributed by atoms with Gasteiger partial charge in [-0.2, -0.15) is 5.10 Å². The summed E-state index contributed by atoms with van der Waals surface area (Å²) < 4.78 is 0. The lowest BCUT2D eigenvalue weighted by molar-refractivity contribution is -0.136. The highest BCUT2D eigenvalue weighted by Gasteiger charge is 2.30. The first-order chi connectivity index (χ1) is 15.7. The maximum Gasteiger partial charge on any atom is 0.253 e. The van der Waals surface area contributed by atoms with Gasteiger partial charge in [0.2, 0.25) is 5.91 Å². The third kappa shape index (κ3) is 4.16. The molecule has 5 rings (SSSR count). The number of aromatic nitrogens is 2. The van der Waals surface area contributed by atoms with Crippen LogP contribution in [-0.2, 0) is 4.79 Å². The van der Waals surface area contributed by atoms with Crippen molar-refractivity contribution in [2.45, 2.75) is 6.42 Å². The van der Waals surface area contributed by atoms with Gasteiger partial charge in [-0.1, -0.05) is 36.4 Å². The van der Waals surface area contributed by atoms with Crippen molar-refractivity contribution in [1.82, 2.24) is 25.3 Å². The molecule has 7 nitrogen and oxygen atoms in total. The summed E-state index contributed by atoms with van der Waals surface area (Å²) in [5.41, 5.74) is 3.58. The first-order valence-electron chi connectivity index (χ1n) is 11.2. The number of hydrogen-bond acceptors (Lipinski definition) is 4. The second-order valence-electron chi connectivity index (χ2n) is 8.42. The normalized spacial score (nSPS) is 19.2. The molecule has 164 valence electrons. The van der Waals surface area contributed by atoms with Gasteiger partial charge in [0.15, 0.2) is 0 Å². The zero-order valence-electron chi connectivity index (χ0n) is 18.0. The van der Waals surface area contributed by atoms with Crippen molar-refractivity contribution in [2.75, 3.05) is 39.3 Å². The Balaban J connectivity index is 1.19. The van der Waals surface area contributed by atoms with E-state index >= 15 is 0 Å². The van der Waals surface area contributed by atoms with Crippen molar-refractivity contribution < 1.29 is 9.59 Å². The Hall–Kier alpha value is -3.45. The summed E-state index contributed by atoms with van der Waals surface area (Å²) in [5.74, 6) is 0.341. The number of H-pyrrole nitrogens is 1. The maximum absolute atomic E-state index is 12.9. The minimum absolute atomic E-state index is 0.0217. The number of rotatable bonds is 4. The highest BCUT2D eigenvalue weighted by atomic mass is 16.2. The number of benzene rings is 2. The van der Waals surface area contributed by atoms with Crippen LogP contribution in [-0.4, -0.2) is 71.1 Å². The molecule has 32 heavy (non-hydrogen) atoms. The first-order valence-corrected chi connectivity index (χ1v) is 11.2. The maximum atomic E-state index is 12.9. The lowest BCUT2D eigenvalue weighted by atomic mass is 10.1. The van der Waals surface area contributed by atoms with E-state index in [2.05, 4.69) is 15.5 Å². The summed E-state index contributed by atoms with van der Waals surface area (Å²) in [7, 11) is 0. The molecule has 1 unspecified atom stereocenters. The molecule has 2 aromatic carbocycles. The molecule has 3 heterocycles. The van der Waals surface area contributed by atoms with Crippen LogP contribution in [0, 0.1) is 5.92 Å². The van der Waals surface area contributed by atoms with Gasteiger partial charge in [0, 0.05) is 43.7 Å². The monoisotopic (exact) mass is 429 g/mol. The molecule has 0 aliphatic carbocycles. The van der Waals surface area contributed by atoms with Gasteiger partial charge >= 0.3 is 0 Å². The van der Waals surface area contributed by atoms with Gasteiger partial charge in [0.05, 0.1) is 17.1 Å². The minimum atomic E-state index is 0.0217. The molecule has 1 atom stereocenters. The average Bonchev–Trinajstić information content (AvgIpc) is 3.53. The molecule has 2 aliphatic heterocycles. The van der Waals surface area contributed by atoms with E-state index in [9.17, 15) is 9.59 Å². The number of nitrogens with one attached hydrogen (secondary N) is 2. The summed E-state index contributed by atoms with van der Waals surface area (Å²) in [6, 6.07) is 15.7. The molecule has 0 spiro atoms. The number of para-hydroxylation sites is 1. The van der Waals surface area contributed by atoms with Crippen molar-refractivity contribution in [3.8, 4) is 0 Å². The molecular weight excluding hydrogens is 402 g/mol. The fourth-order valence-corrected chi connectivity index (χ4v) is 4.46. The lowest BCUT2D eigenvalue weighted by Gasteiger charge is -2.36. The van der Waals surface area contributed by atoms with Crippen LogP contribution in [0.5, 0.6) is 0 Å². The van der Waals surface area contributed by atoms with Crippen molar-refractivity contribution >= 4 is 34.9 Å². The number of carbonyl (C=O) groups excluding carboxylic acids is 2. The predicted octanol–water partition coefficient (Wildman–Crippen LogP) is 2.63. The number of nitrogens with zero attached hydrogens (tertiary/aromatic N) is 3. The topological polar surface area (TPSA) is 81.3 Å². The first kappa shape index (κ1) is 20.5. The van der Waals surface area contributed by atoms with Crippen LogP contribution in [0.2, 0.25) is 0 Å². The molecule has 7 heteroatoms. The molecule has 0 bridgehead atoms. The molecule has 0 saturated carbocycles. The smallest absolute Gasteiger partial charge is 0.253 e. The van der Waals surface area contributed by atoms with Crippen molar-refractivity contribution in [1.29, 1.82) is 0 Å². The highest BCUT2D eigenvalue weighted by Crippen LogP contribution is 2.19. The molecule has 2 saturated heterocycles. The van der Waals surface area contributed by atoms with E-state index in [4.69, 9.17) is 0 Å². The lowest BCUT2D eigenvalue weighted by Crippen LogP contribution is -2.52. The Morgan fingerprint density at radius 3 is 2.44 bits per heavy atom. The van der Waals surface area contributed by atoms with Crippen LogP contribution in [0.4, 0.5) is 0 Å². The molecule has 2 N–H and O–H groups in total. The van der Waals surface area contributed by atoms with Gasteiger partial charge < -0.3 is 15.1 Å². The molecule has 2 fully saturated rings. The van der Waals surface area contributed by atoms with E-state index in [1.165, 1.54) is 0 Å². The molecule has 1 aromatic heterocycles. The van der Waals surface area contributed by atoms with Crippen molar-refractivity contribution in [2.24, 2.45) is 5.92 Å². The van der Waals surface area contributed by atoms with Crippen molar-refractivity contribution in [3.05, 3.63) is 65.4 Å². The summed E-state index contributed by atoms with van der Waals surface area (Å²) in [5, 5.41) is 11.7. The Labute approximate surface area is 187 Å². The Morgan fingerprint density at radius 1 is 0.938 bits per heavy atom. The molecule has 2 amide bonds. The fourth-order valence-electron chi connectivity index (χ4n) is 4.46. The Morgan fingerprint density at radius 2 is 1.69 bits per heavy atom. The van der Waals surface area contributed by atoms with Gasteiger partial charge in [0.25, 0.3) is 5.91 Å². The third-order valence-electron chi connectivity index (χ3n) is 6.38. The van der Waals surface area contributed by atoms with Crippen LogP contribution < -0.4 is 5.32 Å². The number of piperazine rings is 1. The van der Waals surface area contributed by atoms with Crippen molar-refractivity contribution in [3.63, 3.8) is 0 Å². The summed E-state index contributed by atoms with van der Waals surface area (Å²) in [6.07, 6.45) is 4.89. The molecule has 3 aromatic rings. The van der Waals surface area contributed by atoms with Gasteiger partial charge in [-0.3, -0.25) is 14.7 Å². The van der Waals surface area contributed by atoms with Gasteiger partial charge in [0.1, 0.15) is 0 Å². The number of carbonyl (C=O) groups is 2. The zero-order valence-corrected chi connectivity index (χ0v) is 18.0. The van der Waals surface area contributed by atoms with E-state index in [0.29, 0.717) is 31.7 Å². The predicted molar refractivity (Wildman–Crippen MR) is 125 cm³/mol. The highest BCUT2D eigenvalue weighted by molar-refractivity contribution is 5.95. The summed E-state index contributed by atoms with van der Waals surface area (Å²) >= 11 is 0. The van der Waals surface area contributed by atoms with Crippen LogP contribution in [0.1, 0.15) is 28.0 Å². The van der Waals surface area contributed by atoms with Gasteiger partial charge in [-0.15, -0.1) is 0 Å². The molecule has 0 radical (unpaired) electrons. The van der Waals surface area contributed by atoms with E-state index in [-0.39, 0.29) is 17.7 Å². The number of hydrogen-bond donors (Lipinski definition) is 2. The molecular formula is C25H27N5O2. The van der Waals surface area contributed by atoms with E-state index in [0.717, 1.165) is 41.7 Å². The van der Waals surface area contributed by atoms with E-state index < -0.39 is 0 Å². The minimum Gasteiger partial charge on any atom is -0.339 e. The SMILES string of the molecule is O=C(c1ccc(/C=C/c2n[nH]c3ccccc23)cc1)N1CCN(C(=O)C2CCNC2)CC1. The molecule has 2 aliphatic rings. The van der Waals surface area contributed by atoms with Gasteiger partial charge in [-0.05, 0) is 42.8 Å². The van der Waals surface area contributed by atoms with Crippen LogP contribution in [0.3, 0.4) is 0 Å². The Bertz CT molecular complexity index is 1140. The number of aromatic amines is 1. The summed E-state index contributed by atoms with van der Waals surface area (Å²) in [4.78, 5) is 29.2.